The van der Waals surface area contributed by atoms with Crippen LogP contribution in [0.25, 0.3) is 5.65 Å². The second kappa shape index (κ2) is 5.17. The molecule has 0 saturated carbocycles. The van der Waals surface area contributed by atoms with Gasteiger partial charge in [0.25, 0.3) is 0 Å². The van der Waals surface area contributed by atoms with Gasteiger partial charge in [-0.2, -0.15) is 0 Å². The number of hydrogen-bond acceptors (Lipinski definition) is 2. The normalized spacial score (nSPS) is 10.8. The van der Waals surface area contributed by atoms with Gasteiger partial charge in [0.15, 0.2) is 5.69 Å². The molecule has 0 radical (unpaired) electrons. The lowest BCUT2D eigenvalue weighted by Gasteiger charge is -2.03. The molecule has 0 amide bonds. The summed E-state index contributed by atoms with van der Waals surface area (Å²) in [5.74, 6) is -1.00. The van der Waals surface area contributed by atoms with Gasteiger partial charge in [-0.15, -0.1) is 0 Å². The van der Waals surface area contributed by atoms with Crippen LogP contribution in [0.4, 0.5) is 0 Å². The van der Waals surface area contributed by atoms with Crippen molar-refractivity contribution < 1.29 is 9.90 Å². The molecular weight excluding hydrogens is 252 g/mol. The summed E-state index contributed by atoms with van der Waals surface area (Å²) in [5.41, 5.74) is 3.19. The molecule has 0 unspecified atom stereocenters. The fourth-order valence-electron chi connectivity index (χ4n) is 2.22. The van der Waals surface area contributed by atoms with Crippen molar-refractivity contribution in [3.63, 3.8) is 0 Å². The largest absolute Gasteiger partial charge is 0.476 e. The van der Waals surface area contributed by atoms with Crippen molar-refractivity contribution >= 4 is 11.6 Å². The third kappa shape index (κ3) is 2.54. The molecule has 0 saturated heterocycles. The first-order valence-electron chi connectivity index (χ1n) is 6.47. The Hall–Kier alpha value is -2.62. The maximum atomic E-state index is 10.9. The average Bonchev–Trinajstić information content (AvgIpc) is 2.89. The van der Waals surface area contributed by atoms with Crippen LogP contribution in [0.15, 0.2) is 54.9 Å². The van der Waals surface area contributed by atoms with Gasteiger partial charge in [-0.1, -0.05) is 36.4 Å². The molecule has 0 spiro atoms. The average molecular weight is 266 g/mol. The zero-order valence-corrected chi connectivity index (χ0v) is 10.9. The Bertz CT molecular complexity index is 748. The van der Waals surface area contributed by atoms with Crippen LogP contribution in [0, 0.1) is 0 Å². The Morgan fingerprint density at radius 1 is 1.00 bits per heavy atom. The van der Waals surface area contributed by atoms with Gasteiger partial charge in [-0.25, -0.2) is 9.78 Å². The molecule has 100 valence electrons. The highest BCUT2D eigenvalue weighted by Crippen LogP contribution is 2.11. The number of pyridine rings is 1. The minimum absolute atomic E-state index is 0.0743. The van der Waals surface area contributed by atoms with Crippen LogP contribution in [-0.2, 0) is 12.8 Å². The molecule has 0 fully saturated rings. The van der Waals surface area contributed by atoms with Crippen LogP contribution in [0.2, 0.25) is 0 Å². The SMILES string of the molecule is O=C(O)c1cn2cc(CCc3ccccc3)ccc2n1. The Morgan fingerprint density at radius 3 is 2.50 bits per heavy atom. The summed E-state index contributed by atoms with van der Waals surface area (Å²) in [5, 5.41) is 8.93. The summed E-state index contributed by atoms with van der Waals surface area (Å²) in [4.78, 5) is 14.9. The summed E-state index contributed by atoms with van der Waals surface area (Å²) in [6, 6.07) is 14.1. The molecule has 2 aromatic heterocycles. The van der Waals surface area contributed by atoms with Gasteiger partial charge in [-0.05, 0) is 30.0 Å². The fraction of sp³-hybridized carbons (Fsp3) is 0.125. The monoisotopic (exact) mass is 266 g/mol. The smallest absolute Gasteiger partial charge is 0.356 e. The van der Waals surface area contributed by atoms with Crippen molar-refractivity contribution in [3.05, 3.63) is 71.7 Å². The van der Waals surface area contributed by atoms with E-state index >= 15 is 0 Å². The number of rotatable bonds is 4. The van der Waals surface area contributed by atoms with E-state index in [1.165, 1.54) is 5.56 Å². The van der Waals surface area contributed by atoms with E-state index in [4.69, 9.17) is 5.11 Å². The number of carboxylic acids is 1. The molecule has 1 aromatic carbocycles. The first kappa shape index (κ1) is 12.4. The van der Waals surface area contributed by atoms with Crippen molar-refractivity contribution in [1.82, 2.24) is 9.38 Å². The summed E-state index contributed by atoms with van der Waals surface area (Å²) < 4.78 is 1.77. The van der Waals surface area contributed by atoms with Crippen LogP contribution in [0.1, 0.15) is 21.6 Å². The highest BCUT2D eigenvalue weighted by Gasteiger charge is 2.08. The van der Waals surface area contributed by atoms with Gasteiger partial charge in [0.2, 0.25) is 0 Å². The van der Waals surface area contributed by atoms with E-state index in [1.807, 2.05) is 36.5 Å². The highest BCUT2D eigenvalue weighted by atomic mass is 16.4. The molecule has 1 N–H and O–H groups in total. The molecule has 4 nitrogen and oxygen atoms in total. The van der Waals surface area contributed by atoms with E-state index < -0.39 is 5.97 Å². The Labute approximate surface area is 116 Å². The number of imidazole rings is 1. The van der Waals surface area contributed by atoms with Crippen LogP contribution < -0.4 is 0 Å². The van der Waals surface area contributed by atoms with E-state index in [9.17, 15) is 4.79 Å². The molecule has 4 heteroatoms. The molecule has 0 aliphatic carbocycles. The molecular formula is C16H14N2O2. The second-order valence-electron chi connectivity index (χ2n) is 4.72. The summed E-state index contributed by atoms with van der Waals surface area (Å²) in [7, 11) is 0. The molecule has 0 bridgehead atoms. The Kier molecular flexibility index (Phi) is 3.21. The lowest BCUT2D eigenvalue weighted by molar-refractivity contribution is 0.0691. The zero-order chi connectivity index (χ0) is 13.9. The lowest BCUT2D eigenvalue weighted by atomic mass is 10.1. The predicted octanol–water partition coefficient (Wildman–Crippen LogP) is 2.82. The summed E-state index contributed by atoms with van der Waals surface area (Å²) >= 11 is 0. The minimum atomic E-state index is -1.00. The van der Waals surface area contributed by atoms with Crippen LogP contribution >= 0.6 is 0 Å². The quantitative estimate of drug-likeness (QED) is 0.790. The van der Waals surface area contributed by atoms with Crippen molar-refractivity contribution in [2.45, 2.75) is 12.8 Å². The molecule has 0 aliphatic rings. The fourth-order valence-corrected chi connectivity index (χ4v) is 2.22. The lowest BCUT2D eigenvalue weighted by Crippen LogP contribution is -1.95. The number of carbonyl (C=O) groups is 1. The molecule has 20 heavy (non-hydrogen) atoms. The molecule has 3 rings (SSSR count). The van der Waals surface area contributed by atoms with E-state index in [2.05, 4.69) is 17.1 Å². The van der Waals surface area contributed by atoms with E-state index in [0.717, 1.165) is 18.4 Å². The number of aryl methyl sites for hydroxylation is 2. The Morgan fingerprint density at radius 2 is 1.75 bits per heavy atom. The zero-order valence-electron chi connectivity index (χ0n) is 10.9. The number of aromatic carboxylic acids is 1. The number of benzene rings is 1. The number of fused-ring (bicyclic) bond motifs is 1. The summed E-state index contributed by atoms with van der Waals surface area (Å²) in [6.45, 7) is 0. The van der Waals surface area contributed by atoms with Crippen LogP contribution in [0.3, 0.4) is 0 Å². The Balaban J connectivity index is 1.80. The van der Waals surface area contributed by atoms with E-state index in [1.54, 1.807) is 10.6 Å². The van der Waals surface area contributed by atoms with Crippen molar-refractivity contribution in [2.75, 3.05) is 0 Å². The highest BCUT2D eigenvalue weighted by molar-refractivity contribution is 5.86. The standard InChI is InChI=1S/C16H14N2O2/c19-16(20)14-11-18-10-13(8-9-15(18)17-14)7-6-12-4-2-1-3-5-12/h1-5,8-11H,6-7H2,(H,19,20). The van der Waals surface area contributed by atoms with Crippen molar-refractivity contribution in [2.24, 2.45) is 0 Å². The predicted molar refractivity (Wildman–Crippen MR) is 76.0 cm³/mol. The van der Waals surface area contributed by atoms with Crippen molar-refractivity contribution in [1.29, 1.82) is 0 Å². The minimum Gasteiger partial charge on any atom is -0.476 e. The van der Waals surface area contributed by atoms with Crippen LogP contribution in [-0.4, -0.2) is 20.5 Å². The molecule has 3 aromatic rings. The van der Waals surface area contributed by atoms with E-state index in [0.29, 0.717) is 5.65 Å². The summed E-state index contributed by atoms with van der Waals surface area (Å²) in [6.07, 6.45) is 5.37. The van der Waals surface area contributed by atoms with E-state index in [-0.39, 0.29) is 5.69 Å². The first-order valence-corrected chi connectivity index (χ1v) is 6.47. The molecule has 0 aliphatic heterocycles. The van der Waals surface area contributed by atoms with Gasteiger partial charge in [0.05, 0.1) is 0 Å². The van der Waals surface area contributed by atoms with Gasteiger partial charge in [0, 0.05) is 12.4 Å². The molecule has 0 atom stereocenters. The first-order chi connectivity index (χ1) is 9.72. The number of nitrogens with zero attached hydrogens (tertiary/aromatic N) is 2. The third-order valence-corrected chi connectivity index (χ3v) is 3.28. The topological polar surface area (TPSA) is 54.6 Å². The molecule has 2 heterocycles. The number of carboxylic acid groups (broad SMARTS) is 1. The second-order valence-corrected chi connectivity index (χ2v) is 4.72. The number of hydrogen-bond donors (Lipinski definition) is 1. The van der Waals surface area contributed by atoms with Gasteiger partial charge >= 0.3 is 5.97 Å². The third-order valence-electron chi connectivity index (χ3n) is 3.28. The van der Waals surface area contributed by atoms with Crippen LogP contribution in [0.5, 0.6) is 0 Å². The number of aromatic nitrogens is 2. The van der Waals surface area contributed by atoms with Gasteiger partial charge in [0.1, 0.15) is 5.65 Å². The van der Waals surface area contributed by atoms with Gasteiger partial charge < -0.3 is 9.51 Å². The maximum Gasteiger partial charge on any atom is 0.356 e. The van der Waals surface area contributed by atoms with Gasteiger partial charge in [-0.3, -0.25) is 0 Å². The maximum absolute atomic E-state index is 10.9. The van der Waals surface area contributed by atoms with Crippen molar-refractivity contribution in [3.8, 4) is 0 Å².